The Balaban J connectivity index is 1.89. The van der Waals surface area contributed by atoms with Crippen LogP contribution in [-0.4, -0.2) is 28.3 Å². The van der Waals surface area contributed by atoms with Crippen molar-refractivity contribution in [3.8, 4) is 0 Å². The third-order valence-electron chi connectivity index (χ3n) is 5.71. The van der Waals surface area contributed by atoms with Crippen LogP contribution in [0.15, 0.2) is 84.9 Å². The van der Waals surface area contributed by atoms with Crippen molar-refractivity contribution in [2.45, 2.75) is 65.1 Å². The maximum absolute atomic E-state index is 13.6. The van der Waals surface area contributed by atoms with Crippen molar-refractivity contribution >= 4 is 11.8 Å². The zero-order valence-corrected chi connectivity index (χ0v) is 20.8. The Morgan fingerprint density at radius 2 is 1.35 bits per heavy atom. The molecule has 1 N–H and O–H groups in total. The van der Waals surface area contributed by atoms with Crippen LogP contribution < -0.4 is 5.32 Å². The summed E-state index contributed by atoms with van der Waals surface area (Å²) in [7, 11) is 0. The molecule has 0 fully saturated rings. The Labute approximate surface area is 204 Å². The van der Waals surface area contributed by atoms with Gasteiger partial charge in [0.1, 0.15) is 6.04 Å². The van der Waals surface area contributed by atoms with E-state index in [1.54, 1.807) is 4.90 Å². The second-order valence-corrected chi connectivity index (χ2v) is 9.94. The Bertz CT molecular complexity index is 1050. The summed E-state index contributed by atoms with van der Waals surface area (Å²) >= 11 is 0. The van der Waals surface area contributed by atoms with Gasteiger partial charge in [-0.15, -0.1) is 0 Å². The van der Waals surface area contributed by atoms with E-state index >= 15 is 0 Å². The van der Waals surface area contributed by atoms with Gasteiger partial charge in [-0.1, -0.05) is 90.5 Å². The lowest BCUT2D eigenvalue weighted by molar-refractivity contribution is -0.141. The number of hydrogen-bond acceptors (Lipinski definition) is 2. The molecule has 178 valence electrons. The largest absolute Gasteiger partial charge is 0.350 e. The van der Waals surface area contributed by atoms with Crippen LogP contribution in [0, 0.1) is 6.92 Å². The number of amides is 2. The number of nitrogens with zero attached hydrogens (tertiary/aromatic N) is 1. The van der Waals surface area contributed by atoms with Gasteiger partial charge in [0, 0.05) is 24.9 Å². The molecule has 0 heterocycles. The van der Waals surface area contributed by atoms with Crippen LogP contribution in [0.4, 0.5) is 0 Å². The molecule has 0 aliphatic heterocycles. The minimum absolute atomic E-state index is 0.0191. The molecule has 4 heteroatoms. The molecule has 3 aromatic rings. The van der Waals surface area contributed by atoms with E-state index in [-0.39, 0.29) is 11.8 Å². The molecule has 34 heavy (non-hydrogen) atoms. The Kier molecular flexibility index (Phi) is 8.64. The molecule has 0 aromatic heterocycles. The molecular weight excluding hydrogens is 420 g/mol. The molecule has 0 saturated heterocycles. The molecule has 0 radical (unpaired) electrons. The van der Waals surface area contributed by atoms with E-state index in [0.717, 1.165) is 16.7 Å². The molecule has 0 aliphatic carbocycles. The smallest absolute Gasteiger partial charge is 0.243 e. The highest BCUT2D eigenvalue weighted by atomic mass is 16.2. The summed E-state index contributed by atoms with van der Waals surface area (Å²) in [5.74, 6) is -0.148. The van der Waals surface area contributed by atoms with E-state index < -0.39 is 11.6 Å². The molecule has 0 unspecified atom stereocenters. The second-order valence-electron chi connectivity index (χ2n) is 9.94. The van der Waals surface area contributed by atoms with Gasteiger partial charge in [0.05, 0.1) is 0 Å². The molecule has 4 nitrogen and oxygen atoms in total. The molecule has 3 aromatic carbocycles. The average Bonchev–Trinajstić information content (AvgIpc) is 2.81. The number of carbonyl (C=O) groups is 2. The summed E-state index contributed by atoms with van der Waals surface area (Å²) < 4.78 is 0. The van der Waals surface area contributed by atoms with Crippen LogP contribution in [0.2, 0.25) is 0 Å². The summed E-state index contributed by atoms with van der Waals surface area (Å²) in [6.07, 6.45) is 1.46. The topological polar surface area (TPSA) is 49.4 Å². The van der Waals surface area contributed by atoms with Crippen molar-refractivity contribution in [2.75, 3.05) is 0 Å². The molecule has 0 aliphatic rings. The van der Waals surface area contributed by atoms with Gasteiger partial charge in [0.25, 0.3) is 0 Å². The van der Waals surface area contributed by atoms with Gasteiger partial charge >= 0.3 is 0 Å². The van der Waals surface area contributed by atoms with Gasteiger partial charge in [-0.05, 0) is 50.8 Å². The maximum Gasteiger partial charge on any atom is 0.243 e. The van der Waals surface area contributed by atoms with E-state index in [2.05, 4.69) is 36.5 Å². The predicted molar refractivity (Wildman–Crippen MR) is 138 cm³/mol. The Morgan fingerprint density at radius 3 is 1.91 bits per heavy atom. The average molecular weight is 457 g/mol. The standard InChI is InChI=1S/C30H36N2O2/c1-23-15-17-24(18-16-23)19-20-28(33)32(22-26-13-9-6-10-14-26)27(29(34)31-30(2,3)4)21-25-11-7-5-8-12-25/h5-18,27H,19-22H2,1-4H3,(H,31,34)/t27-/m0/s1. The minimum atomic E-state index is -0.604. The molecule has 1 atom stereocenters. The predicted octanol–water partition coefficient (Wildman–Crippen LogP) is 5.48. The van der Waals surface area contributed by atoms with Gasteiger partial charge in [0.2, 0.25) is 11.8 Å². The van der Waals surface area contributed by atoms with E-state index in [9.17, 15) is 9.59 Å². The SMILES string of the molecule is Cc1ccc(CCC(=O)N(Cc2ccccc2)[C@@H](Cc2ccccc2)C(=O)NC(C)(C)C)cc1. The summed E-state index contributed by atoms with van der Waals surface area (Å²) in [6.45, 7) is 8.34. The number of hydrogen-bond donors (Lipinski definition) is 1. The molecule has 0 spiro atoms. The monoisotopic (exact) mass is 456 g/mol. The zero-order chi connectivity index (χ0) is 24.6. The fourth-order valence-corrected chi connectivity index (χ4v) is 3.94. The fraction of sp³-hybridized carbons (Fsp3) is 0.333. The lowest BCUT2D eigenvalue weighted by Crippen LogP contribution is -2.54. The second kappa shape index (κ2) is 11.6. The van der Waals surface area contributed by atoms with E-state index in [0.29, 0.717) is 25.8 Å². The van der Waals surface area contributed by atoms with E-state index in [1.165, 1.54) is 5.56 Å². The maximum atomic E-state index is 13.6. The first-order valence-corrected chi connectivity index (χ1v) is 12.0. The van der Waals surface area contributed by atoms with Crippen molar-refractivity contribution in [2.24, 2.45) is 0 Å². The van der Waals surface area contributed by atoms with Gasteiger partial charge in [0.15, 0.2) is 0 Å². The third-order valence-corrected chi connectivity index (χ3v) is 5.71. The van der Waals surface area contributed by atoms with Gasteiger partial charge in [-0.2, -0.15) is 0 Å². The van der Waals surface area contributed by atoms with Gasteiger partial charge in [-0.25, -0.2) is 0 Å². The fourth-order valence-electron chi connectivity index (χ4n) is 3.94. The van der Waals surface area contributed by atoms with Crippen LogP contribution >= 0.6 is 0 Å². The highest BCUT2D eigenvalue weighted by Crippen LogP contribution is 2.18. The number of nitrogens with one attached hydrogen (secondary N) is 1. The highest BCUT2D eigenvalue weighted by molar-refractivity contribution is 5.88. The van der Waals surface area contributed by atoms with Crippen LogP contribution in [0.5, 0.6) is 0 Å². The van der Waals surface area contributed by atoms with Crippen LogP contribution in [-0.2, 0) is 29.0 Å². The summed E-state index contributed by atoms with van der Waals surface area (Å²) in [5, 5.41) is 3.11. The van der Waals surface area contributed by atoms with Crippen molar-refractivity contribution < 1.29 is 9.59 Å². The van der Waals surface area contributed by atoms with E-state index in [1.807, 2.05) is 81.4 Å². The molecule has 2 amide bonds. The molecule has 0 saturated carbocycles. The van der Waals surface area contributed by atoms with Gasteiger partial charge in [-0.3, -0.25) is 9.59 Å². The van der Waals surface area contributed by atoms with Crippen molar-refractivity contribution in [3.63, 3.8) is 0 Å². The number of benzene rings is 3. The zero-order valence-electron chi connectivity index (χ0n) is 20.8. The number of aryl methyl sites for hydroxylation is 2. The summed E-state index contributed by atoms with van der Waals surface area (Å²) in [5.41, 5.74) is 3.96. The number of rotatable bonds is 9. The van der Waals surface area contributed by atoms with Crippen LogP contribution in [0.25, 0.3) is 0 Å². The normalized spacial score (nSPS) is 12.1. The molecule has 3 rings (SSSR count). The summed E-state index contributed by atoms with van der Waals surface area (Å²) in [6, 6.07) is 27.5. The Hall–Kier alpha value is -3.40. The third kappa shape index (κ3) is 7.87. The van der Waals surface area contributed by atoms with Crippen LogP contribution in [0.3, 0.4) is 0 Å². The quantitative estimate of drug-likeness (QED) is 0.463. The van der Waals surface area contributed by atoms with Crippen LogP contribution in [0.1, 0.15) is 49.4 Å². The first kappa shape index (κ1) is 25.2. The molecule has 0 bridgehead atoms. The van der Waals surface area contributed by atoms with Crippen molar-refractivity contribution in [1.29, 1.82) is 0 Å². The summed E-state index contributed by atoms with van der Waals surface area (Å²) in [4.78, 5) is 28.9. The lowest BCUT2D eigenvalue weighted by Gasteiger charge is -2.34. The van der Waals surface area contributed by atoms with Gasteiger partial charge < -0.3 is 10.2 Å². The first-order valence-electron chi connectivity index (χ1n) is 12.0. The van der Waals surface area contributed by atoms with Crippen molar-refractivity contribution in [3.05, 3.63) is 107 Å². The van der Waals surface area contributed by atoms with Crippen molar-refractivity contribution in [1.82, 2.24) is 10.2 Å². The first-order chi connectivity index (χ1) is 16.2. The number of carbonyl (C=O) groups excluding carboxylic acids is 2. The Morgan fingerprint density at radius 1 is 0.794 bits per heavy atom. The van der Waals surface area contributed by atoms with E-state index in [4.69, 9.17) is 0 Å². The minimum Gasteiger partial charge on any atom is -0.350 e. The lowest BCUT2D eigenvalue weighted by atomic mass is 9.99. The highest BCUT2D eigenvalue weighted by Gasteiger charge is 2.32. The molecular formula is C30H36N2O2.